The van der Waals surface area contributed by atoms with E-state index in [1.807, 2.05) is 18.7 Å². The minimum atomic E-state index is 0.0846. The molecule has 0 aromatic carbocycles. The van der Waals surface area contributed by atoms with Gasteiger partial charge in [0.1, 0.15) is 0 Å². The Bertz CT molecular complexity index is 507. The molecule has 1 amide bonds. The van der Waals surface area contributed by atoms with Gasteiger partial charge in [0.05, 0.1) is 5.69 Å². The fraction of sp³-hybridized carbons (Fsp3) is 0.667. The number of anilines is 1. The number of aromatic nitrogens is 2. The summed E-state index contributed by atoms with van der Waals surface area (Å²) in [6.07, 6.45) is 3.40. The molecule has 108 valence electrons. The average molecular weight is 274 g/mol. The number of hydrogen-bond donors (Lipinski definition) is 0. The van der Waals surface area contributed by atoms with Crippen LogP contribution >= 0.6 is 0 Å². The van der Waals surface area contributed by atoms with E-state index in [2.05, 4.69) is 21.2 Å². The zero-order valence-electron chi connectivity index (χ0n) is 12.3. The third-order valence-electron chi connectivity index (χ3n) is 4.22. The second-order valence-electron chi connectivity index (χ2n) is 6.00. The van der Waals surface area contributed by atoms with Crippen molar-refractivity contribution in [1.82, 2.24) is 15.1 Å². The van der Waals surface area contributed by atoms with Crippen molar-refractivity contribution in [3.05, 3.63) is 17.3 Å². The van der Waals surface area contributed by atoms with E-state index in [-0.39, 0.29) is 11.8 Å². The molecule has 1 aromatic rings. The van der Waals surface area contributed by atoms with E-state index >= 15 is 0 Å². The van der Waals surface area contributed by atoms with E-state index in [1.54, 1.807) is 0 Å². The predicted octanol–water partition coefficient (Wildman–Crippen LogP) is 1.27. The van der Waals surface area contributed by atoms with Gasteiger partial charge in [-0.3, -0.25) is 4.79 Å². The van der Waals surface area contributed by atoms with Crippen LogP contribution in [0.25, 0.3) is 0 Å². The molecule has 0 radical (unpaired) electrons. The molecule has 0 spiro atoms. The predicted molar refractivity (Wildman–Crippen MR) is 77.7 cm³/mol. The van der Waals surface area contributed by atoms with Crippen LogP contribution in [0.1, 0.15) is 31.5 Å². The highest BCUT2D eigenvalue weighted by Crippen LogP contribution is 2.23. The SMILES string of the molecule is CC(C)C(=O)N1CCN(c2cc3c(nn2)CCC3)CC1. The molecule has 0 bridgehead atoms. The van der Waals surface area contributed by atoms with Gasteiger partial charge < -0.3 is 9.80 Å². The summed E-state index contributed by atoms with van der Waals surface area (Å²) in [5.74, 6) is 1.31. The Hall–Kier alpha value is -1.65. The molecule has 1 fully saturated rings. The van der Waals surface area contributed by atoms with E-state index in [1.165, 1.54) is 17.7 Å². The molecule has 1 aliphatic heterocycles. The van der Waals surface area contributed by atoms with Crippen molar-refractivity contribution in [2.24, 2.45) is 5.92 Å². The van der Waals surface area contributed by atoms with Crippen LogP contribution in [0.15, 0.2) is 6.07 Å². The maximum absolute atomic E-state index is 12.0. The first-order chi connectivity index (χ1) is 9.65. The number of carbonyl (C=O) groups is 1. The van der Waals surface area contributed by atoms with Crippen molar-refractivity contribution >= 4 is 11.7 Å². The van der Waals surface area contributed by atoms with Gasteiger partial charge in [0, 0.05) is 32.1 Å². The maximum atomic E-state index is 12.0. The van der Waals surface area contributed by atoms with Crippen LogP contribution in [-0.4, -0.2) is 47.2 Å². The van der Waals surface area contributed by atoms with Crippen molar-refractivity contribution in [1.29, 1.82) is 0 Å². The molecule has 0 atom stereocenters. The van der Waals surface area contributed by atoms with E-state index in [0.717, 1.165) is 44.8 Å². The van der Waals surface area contributed by atoms with E-state index in [9.17, 15) is 4.79 Å². The first-order valence-corrected chi connectivity index (χ1v) is 7.54. The Morgan fingerprint density at radius 1 is 1.15 bits per heavy atom. The number of fused-ring (bicyclic) bond motifs is 1. The van der Waals surface area contributed by atoms with Gasteiger partial charge in [0.15, 0.2) is 5.82 Å². The third-order valence-corrected chi connectivity index (χ3v) is 4.22. The van der Waals surface area contributed by atoms with Gasteiger partial charge in [-0.05, 0) is 30.9 Å². The molecule has 2 aliphatic rings. The molecule has 2 heterocycles. The summed E-state index contributed by atoms with van der Waals surface area (Å²) in [7, 11) is 0. The molecule has 1 aliphatic carbocycles. The smallest absolute Gasteiger partial charge is 0.225 e. The van der Waals surface area contributed by atoms with Crippen molar-refractivity contribution in [3.8, 4) is 0 Å². The highest BCUT2D eigenvalue weighted by molar-refractivity contribution is 5.78. The lowest BCUT2D eigenvalue weighted by Crippen LogP contribution is -2.50. The standard InChI is InChI=1S/C15H22N4O/c1-11(2)15(20)19-8-6-18(7-9-19)14-10-12-4-3-5-13(12)16-17-14/h10-11H,3-9H2,1-2H3. The number of piperazine rings is 1. The second-order valence-corrected chi connectivity index (χ2v) is 6.00. The fourth-order valence-electron chi connectivity index (χ4n) is 2.99. The monoisotopic (exact) mass is 274 g/mol. The van der Waals surface area contributed by atoms with Gasteiger partial charge in [-0.2, -0.15) is 5.10 Å². The number of amides is 1. The molecule has 0 N–H and O–H groups in total. The number of aryl methyl sites for hydroxylation is 2. The molecule has 3 rings (SSSR count). The molecule has 1 aromatic heterocycles. The van der Waals surface area contributed by atoms with Gasteiger partial charge >= 0.3 is 0 Å². The summed E-state index contributed by atoms with van der Waals surface area (Å²) < 4.78 is 0. The van der Waals surface area contributed by atoms with Crippen LogP contribution in [0, 0.1) is 5.92 Å². The number of hydrogen-bond acceptors (Lipinski definition) is 4. The topological polar surface area (TPSA) is 49.3 Å². The normalized spacial score (nSPS) is 18.6. The molecule has 20 heavy (non-hydrogen) atoms. The second kappa shape index (κ2) is 5.38. The van der Waals surface area contributed by atoms with Gasteiger partial charge in [-0.25, -0.2) is 0 Å². The van der Waals surface area contributed by atoms with Crippen molar-refractivity contribution in [3.63, 3.8) is 0 Å². The van der Waals surface area contributed by atoms with Gasteiger partial charge in [-0.15, -0.1) is 5.10 Å². The van der Waals surface area contributed by atoms with Gasteiger partial charge in [-0.1, -0.05) is 13.8 Å². The minimum Gasteiger partial charge on any atom is -0.352 e. The molecule has 1 saturated heterocycles. The molecule has 0 unspecified atom stereocenters. The quantitative estimate of drug-likeness (QED) is 0.815. The number of nitrogens with zero attached hydrogens (tertiary/aromatic N) is 4. The third kappa shape index (κ3) is 2.49. The van der Waals surface area contributed by atoms with Crippen molar-refractivity contribution in [2.75, 3.05) is 31.1 Å². The van der Waals surface area contributed by atoms with Crippen LogP contribution in [0.3, 0.4) is 0 Å². The molecule has 5 nitrogen and oxygen atoms in total. The summed E-state index contributed by atoms with van der Waals surface area (Å²) in [6.45, 7) is 7.20. The van der Waals surface area contributed by atoms with Crippen molar-refractivity contribution < 1.29 is 4.79 Å². The Morgan fingerprint density at radius 3 is 2.60 bits per heavy atom. The molecule has 5 heteroatoms. The zero-order chi connectivity index (χ0) is 14.1. The lowest BCUT2D eigenvalue weighted by atomic mass is 10.1. The minimum absolute atomic E-state index is 0.0846. The number of rotatable bonds is 2. The molecular weight excluding hydrogens is 252 g/mol. The summed E-state index contributed by atoms with van der Waals surface area (Å²) in [4.78, 5) is 16.2. The summed E-state index contributed by atoms with van der Waals surface area (Å²) >= 11 is 0. The zero-order valence-corrected chi connectivity index (χ0v) is 12.3. The van der Waals surface area contributed by atoms with Crippen LogP contribution in [0.4, 0.5) is 5.82 Å². The van der Waals surface area contributed by atoms with Crippen molar-refractivity contribution in [2.45, 2.75) is 33.1 Å². The van der Waals surface area contributed by atoms with Gasteiger partial charge in [0.25, 0.3) is 0 Å². The summed E-state index contributed by atoms with van der Waals surface area (Å²) in [6, 6.07) is 2.19. The first-order valence-electron chi connectivity index (χ1n) is 7.54. The Labute approximate surface area is 120 Å². The van der Waals surface area contributed by atoms with Gasteiger partial charge in [0.2, 0.25) is 5.91 Å². The largest absolute Gasteiger partial charge is 0.352 e. The fourth-order valence-corrected chi connectivity index (χ4v) is 2.99. The molecular formula is C15H22N4O. The summed E-state index contributed by atoms with van der Waals surface area (Å²) in [5.41, 5.74) is 2.53. The van der Waals surface area contributed by atoms with E-state index in [4.69, 9.17) is 0 Å². The van der Waals surface area contributed by atoms with Crippen LogP contribution in [0.2, 0.25) is 0 Å². The number of carbonyl (C=O) groups excluding carboxylic acids is 1. The highest BCUT2D eigenvalue weighted by atomic mass is 16.2. The maximum Gasteiger partial charge on any atom is 0.225 e. The first kappa shape index (κ1) is 13.3. The van der Waals surface area contributed by atoms with Crippen LogP contribution < -0.4 is 4.90 Å². The van der Waals surface area contributed by atoms with Crippen LogP contribution in [-0.2, 0) is 17.6 Å². The Kier molecular flexibility index (Phi) is 3.59. The van der Waals surface area contributed by atoms with Crippen LogP contribution in [0.5, 0.6) is 0 Å². The Balaban J connectivity index is 1.65. The lowest BCUT2D eigenvalue weighted by Gasteiger charge is -2.36. The Morgan fingerprint density at radius 2 is 1.90 bits per heavy atom. The van der Waals surface area contributed by atoms with E-state index < -0.39 is 0 Å². The average Bonchev–Trinajstić information content (AvgIpc) is 2.94. The highest BCUT2D eigenvalue weighted by Gasteiger charge is 2.24. The van der Waals surface area contributed by atoms with E-state index in [0.29, 0.717) is 0 Å². The molecule has 0 saturated carbocycles. The summed E-state index contributed by atoms with van der Waals surface area (Å²) in [5, 5.41) is 8.70. The lowest BCUT2D eigenvalue weighted by molar-refractivity contribution is -0.134.